The Labute approximate surface area is 233 Å². The number of piperazine rings is 1. The van der Waals surface area contributed by atoms with Crippen LogP contribution < -0.4 is 14.4 Å². The molecular weight excluding hydrogens is 507 g/mol. The molecular formula is C32H35FN4O3. The average Bonchev–Trinajstić information content (AvgIpc) is 3.74. The molecule has 40 heavy (non-hydrogen) atoms. The fraction of sp³-hybridized carbons (Fsp3) is 0.375. The molecule has 1 amide bonds. The summed E-state index contributed by atoms with van der Waals surface area (Å²) in [6.45, 7) is 6.26. The van der Waals surface area contributed by atoms with Gasteiger partial charge in [-0.25, -0.2) is 9.37 Å². The highest BCUT2D eigenvalue weighted by Crippen LogP contribution is 2.42. The molecule has 3 heterocycles. The Balaban J connectivity index is 1.28. The molecule has 8 heteroatoms. The van der Waals surface area contributed by atoms with Crippen molar-refractivity contribution in [2.24, 2.45) is 0 Å². The van der Waals surface area contributed by atoms with Crippen molar-refractivity contribution in [3.63, 3.8) is 0 Å². The molecule has 0 bridgehead atoms. The van der Waals surface area contributed by atoms with Gasteiger partial charge >= 0.3 is 0 Å². The van der Waals surface area contributed by atoms with Crippen molar-refractivity contribution >= 4 is 22.6 Å². The summed E-state index contributed by atoms with van der Waals surface area (Å²) in [5.74, 6) is 2.40. The summed E-state index contributed by atoms with van der Waals surface area (Å²) in [4.78, 5) is 25.5. The molecule has 2 aromatic carbocycles. The lowest BCUT2D eigenvalue weighted by molar-refractivity contribution is 0.0741. The van der Waals surface area contributed by atoms with Crippen LogP contribution in [0.3, 0.4) is 0 Å². The predicted molar refractivity (Wildman–Crippen MR) is 155 cm³/mol. The molecule has 0 radical (unpaired) electrons. The van der Waals surface area contributed by atoms with E-state index in [1.807, 2.05) is 55.3 Å². The van der Waals surface area contributed by atoms with Crippen LogP contribution in [0.1, 0.15) is 60.1 Å². The number of amides is 1. The fourth-order valence-electron chi connectivity index (χ4n) is 5.68. The van der Waals surface area contributed by atoms with Crippen molar-refractivity contribution in [1.29, 1.82) is 0 Å². The van der Waals surface area contributed by atoms with Crippen LogP contribution in [0.25, 0.3) is 22.0 Å². The molecule has 1 N–H and O–H groups in total. The third-order valence-electron chi connectivity index (χ3n) is 8.12. The number of aromatic amines is 1. The lowest BCUT2D eigenvalue weighted by atomic mass is 9.93. The highest BCUT2D eigenvalue weighted by atomic mass is 19.1. The van der Waals surface area contributed by atoms with Gasteiger partial charge in [0.2, 0.25) is 0 Å². The van der Waals surface area contributed by atoms with Crippen LogP contribution in [0, 0.1) is 5.82 Å². The molecule has 1 saturated heterocycles. The van der Waals surface area contributed by atoms with E-state index >= 15 is 4.39 Å². The fourth-order valence-corrected chi connectivity index (χ4v) is 5.68. The Morgan fingerprint density at radius 2 is 1.73 bits per heavy atom. The van der Waals surface area contributed by atoms with Crippen molar-refractivity contribution in [1.82, 2.24) is 14.9 Å². The van der Waals surface area contributed by atoms with Gasteiger partial charge in [-0.3, -0.25) is 4.79 Å². The molecule has 6 rings (SSSR count). The van der Waals surface area contributed by atoms with E-state index in [2.05, 4.69) is 16.0 Å². The zero-order valence-electron chi connectivity index (χ0n) is 23.5. The zero-order valence-corrected chi connectivity index (χ0v) is 23.5. The number of pyridine rings is 1. The second kappa shape index (κ2) is 10.5. The molecule has 4 aromatic rings. The minimum atomic E-state index is -0.319. The van der Waals surface area contributed by atoms with Gasteiger partial charge in [0.1, 0.15) is 11.4 Å². The number of nitrogens with zero attached hydrogens (tertiary/aromatic N) is 3. The first-order valence-corrected chi connectivity index (χ1v) is 14.0. The number of aromatic nitrogens is 2. The first kappa shape index (κ1) is 26.2. The summed E-state index contributed by atoms with van der Waals surface area (Å²) >= 11 is 0. The average molecular weight is 543 g/mol. The van der Waals surface area contributed by atoms with E-state index in [-0.39, 0.29) is 17.6 Å². The Morgan fingerprint density at radius 3 is 2.40 bits per heavy atom. The van der Waals surface area contributed by atoms with E-state index < -0.39 is 0 Å². The van der Waals surface area contributed by atoms with Gasteiger partial charge in [0.25, 0.3) is 5.91 Å². The second-order valence-electron chi connectivity index (χ2n) is 11.0. The molecule has 1 aliphatic heterocycles. The Bertz CT molecular complexity index is 1570. The van der Waals surface area contributed by atoms with Gasteiger partial charge < -0.3 is 24.3 Å². The van der Waals surface area contributed by atoms with Gasteiger partial charge in [-0.2, -0.15) is 0 Å². The standard InChI is InChI=1S/C32H35FN4O3/c1-19(2)23-16-24(22-7-5-6-8-27(22)39-3)25-17-26(35-30(25)29(23)33)32(38)37-13-11-36(12-14-37)31-28(40-4)15-21(18-34-31)20-9-10-20/h5-8,15-20,35H,9-14H2,1-4H3. The molecule has 0 spiro atoms. The summed E-state index contributed by atoms with van der Waals surface area (Å²) < 4.78 is 27.0. The number of anilines is 1. The van der Waals surface area contributed by atoms with Gasteiger partial charge in [0.15, 0.2) is 17.4 Å². The van der Waals surface area contributed by atoms with Crippen LogP contribution in [0.4, 0.5) is 10.2 Å². The van der Waals surface area contributed by atoms with Gasteiger partial charge in [0.05, 0.1) is 19.7 Å². The molecule has 2 aromatic heterocycles. The maximum atomic E-state index is 15.7. The van der Waals surface area contributed by atoms with Crippen molar-refractivity contribution in [2.45, 2.75) is 38.5 Å². The Kier molecular flexibility index (Phi) is 6.86. The number of carbonyl (C=O) groups excluding carboxylic acids is 1. The van der Waals surface area contributed by atoms with Crippen molar-refractivity contribution in [3.05, 3.63) is 71.3 Å². The molecule has 2 fully saturated rings. The minimum Gasteiger partial charge on any atom is -0.496 e. The van der Waals surface area contributed by atoms with Crippen LogP contribution in [-0.2, 0) is 0 Å². The number of hydrogen-bond acceptors (Lipinski definition) is 5. The number of benzene rings is 2. The molecule has 1 aliphatic carbocycles. The lowest BCUT2D eigenvalue weighted by Gasteiger charge is -2.35. The predicted octanol–water partition coefficient (Wildman–Crippen LogP) is 6.35. The Hall–Kier alpha value is -4.07. The SMILES string of the molecule is COc1ccccc1-c1cc(C(C)C)c(F)c2[nH]c(C(=O)N3CCN(c4ncc(C5CC5)cc4OC)CC3)cc12. The molecule has 208 valence electrons. The van der Waals surface area contributed by atoms with Gasteiger partial charge in [-0.05, 0) is 65.6 Å². The van der Waals surface area contributed by atoms with Crippen LogP contribution in [0.2, 0.25) is 0 Å². The van der Waals surface area contributed by atoms with E-state index in [0.29, 0.717) is 60.0 Å². The third-order valence-corrected chi connectivity index (χ3v) is 8.12. The van der Waals surface area contributed by atoms with E-state index in [4.69, 9.17) is 14.5 Å². The summed E-state index contributed by atoms with van der Waals surface area (Å²) in [5.41, 5.74) is 4.25. The van der Waals surface area contributed by atoms with Crippen molar-refractivity contribution in [2.75, 3.05) is 45.3 Å². The van der Waals surface area contributed by atoms with Gasteiger partial charge in [-0.15, -0.1) is 0 Å². The molecule has 7 nitrogen and oxygen atoms in total. The number of fused-ring (bicyclic) bond motifs is 1. The van der Waals surface area contributed by atoms with Crippen LogP contribution in [0.15, 0.2) is 48.7 Å². The van der Waals surface area contributed by atoms with Crippen LogP contribution in [0.5, 0.6) is 11.5 Å². The normalized spacial score (nSPS) is 15.7. The number of nitrogens with one attached hydrogen (secondary N) is 1. The van der Waals surface area contributed by atoms with Crippen LogP contribution >= 0.6 is 0 Å². The topological polar surface area (TPSA) is 70.7 Å². The highest BCUT2D eigenvalue weighted by molar-refractivity contribution is 6.04. The quantitative estimate of drug-likeness (QED) is 0.295. The molecule has 1 saturated carbocycles. The van der Waals surface area contributed by atoms with Crippen LogP contribution in [-0.4, -0.2) is 61.2 Å². The van der Waals surface area contributed by atoms with Crippen molar-refractivity contribution < 1.29 is 18.7 Å². The van der Waals surface area contributed by atoms with E-state index in [1.54, 1.807) is 20.3 Å². The number of H-pyrrole nitrogens is 1. The number of para-hydroxylation sites is 1. The maximum Gasteiger partial charge on any atom is 0.270 e. The summed E-state index contributed by atoms with van der Waals surface area (Å²) in [5, 5.41) is 0.665. The number of methoxy groups -OCH3 is 2. The lowest BCUT2D eigenvalue weighted by Crippen LogP contribution is -2.49. The van der Waals surface area contributed by atoms with Crippen molar-refractivity contribution in [3.8, 4) is 22.6 Å². The Morgan fingerprint density at radius 1 is 1.00 bits per heavy atom. The molecule has 2 aliphatic rings. The monoisotopic (exact) mass is 542 g/mol. The third kappa shape index (κ3) is 4.65. The number of carbonyl (C=O) groups is 1. The molecule has 0 unspecified atom stereocenters. The number of hydrogen-bond donors (Lipinski definition) is 1. The zero-order chi connectivity index (χ0) is 28.0. The van der Waals surface area contributed by atoms with E-state index in [9.17, 15) is 4.79 Å². The minimum absolute atomic E-state index is 0.0303. The smallest absolute Gasteiger partial charge is 0.270 e. The number of halogens is 1. The highest BCUT2D eigenvalue weighted by Gasteiger charge is 2.29. The molecule has 0 atom stereocenters. The maximum absolute atomic E-state index is 15.7. The number of rotatable bonds is 7. The van der Waals surface area contributed by atoms with E-state index in [0.717, 1.165) is 22.7 Å². The summed E-state index contributed by atoms with van der Waals surface area (Å²) in [7, 11) is 3.30. The van der Waals surface area contributed by atoms with E-state index in [1.165, 1.54) is 18.4 Å². The first-order valence-electron chi connectivity index (χ1n) is 14.0. The largest absolute Gasteiger partial charge is 0.496 e. The summed E-state index contributed by atoms with van der Waals surface area (Å²) in [6, 6.07) is 13.5. The number of ether oxygens (including phenoxy) is 2. The van der Waals surface area contributed by atoms with Gasteiger partial charge in [-0.1, -0.05) is 32.0 Å². The first-order chi connectivity index (χ1) is 19.4. The van der Waals surface area contributed by atoms with Gasteiger partial charge in [0, 0.05) is 43.3 Å². The summed E-state index contributed by atoms with van der Waals surface area (Å²) in [6.07, 6.45) is 4.38. The second-order valence-corrected chi connectivity index (χ2v) is 11.0.